The van der Waals surface area contributed by atoms with Crippen molar-refractivity contribution in [1.29, 1.82) is 5.26 Å². The number of pyridine rings is 1. The van der Waals surface area contributed by atoms with Gasteiger partial charge in [-0.1, -0.05) is 29.5 Å². The minimum Gasteiger partial charge on any atom is -0.469 e. The Morgan fingerprint density at radius 1 is 1.22 bits per heavy atom. The molecule has 1 amide bonds. The molecule has 0 aliphatic carbocycles. The van der Waals surface area contributed by atoms with Crippen LogP contribution in [-0.2, 0) is 9.53 Å². The monoisotopic (exact) mass is 653 g/mol. The number of anilines is 2. The number of ether oxygens (including phenoxy) is 2. The first-order valence-corrected chi connectivity index (χ1v) is 15.4. The molecule has 2 N–H and O–H groups in total. The Labute approximate surface area is 267 Å². The van der Waals surface area contributed by atoms with Crippen LogP contribution in [0.2, 0.25) is 5.02 Å². The fourth-order valence-electron chi connectivity index (χ4n) is 6.26. The number of nitrogen functional groups attached to an aromatic ring is 1. The van der Waals surface area contributed by atoms with Crippen molar-refractivity contribution in [2.45, 2.75) is 25.2 Å². The van der Waals surface area contributed by atoms with Gasteiger partial charge in [0.15, 0.2) is 10.9 Å². The van der Waals surface area contributed by atoms with E-state index in [9.17, 15) is 14.4 Å². The van der Waals surface area contributed by atoms with E-state index >= 15 is 4.39 Å². The van der Waals surface area contributed by atoms with Crippen molar-refractivity contribution in [3.05, 3.63) is 53.1 Å². The van der Waals surface area contributed by atoms with Crippen LogP contribution in [0.4, 0.5) is 19.6 Å². The van der Waals surface area contributed by atoms with E-state index < -0.39 is 17.7 Å². The molecule has 4 heterocycles. The highest BCUT2D eigenvalue weighted by Gasteiger charge is 2.36. The number of nitrogens with zero attached hydrogens (tertiary/aromatic N) is 6. The highest BCUT2D eigenvalue weighted by atomic mass is 35.5. The molecule has 4 aromatic rings. The van der Waals surface area contributed by atoms with Crippen molar-refractivity contribution in [3.8, 4) is 23.1 Å². The van der Waals surface area contributed by atoms with Gasteiger partial charge in [0.05, 0.1) is 20.9 Å². The number of likely N-dealkylation sites (tertiary alicyclic amines) is 1. The number of aromatic nitrogens is 2. The van der Waals surface area contributed by atoms with Crippen LogP contribution < -0.4 is 15.4 Å². The summed E-state index contributed by atoms with van der Waals surface area (Å²) >= 11 is 7.76. The van der Waals surface area contributed by atoms with E-state index in [2.05, 4.69) is 22.6 Å². The third kappa shape index (κ3) is 5.31. The maximum absolute atomic E-state index is 16.9. The van der Waals surface area contributed by atoms with Gasteiger partial charge < -0.3 is 25.0 Å². The van der Waals surface area contributed by atoms with Crippen LogP contribution in [-0.4, -0.2) is 90.8 Å². The first-order chi connectivity index (χ1) is 21.6. The number of hydrogen-bond acceptors (Lipinski definition) is 10. The van der Waals surface area contributed by atoms with Crippen molar-refractivity contribution in [1.82, 2.24) is 19.8 Å². The highest BCUT2D eigenvalue weighted by Crippen LogP contribution is 2.45. The molecule has 234 valence electrons. The van der Waals surface area contributed by atoms with E-state index in [1.54, 1.807) is 18.1 Å². The topological polar surface area (TPSA) is 121 Å². The Bertz CT molecular complexity index is 1900. The minimum atomic E-state index is -0.784. The first kappa shape index (κ1) is 30.9. The summed E-state index contributed by atoms with van der Waals surface area (Å²) in [5, 5.41) is 10.9. The Kier molecular flexibility index (Phi) is 8.26. The highest BCUT2D eigenvalue weighted by molar-refractivity contribution is 7.22. The number of carbonyl (C=O) groups is 1. The summed E-state index contributed by atoms with van der Waals surface area (Å²) in [7, 11) is 3.51. The van der Waals surface area contributed by atoms with E-state index in [4.69, 9.17) is 26.8 Å². The molecule has 2 aliphatic rings. The zero-order chi connectivity index (χ0) is 32.2. The lowest BCUT2D eigenvalue weighted by molar-refractivity contribution is -0.128. The largest absolute Gasteiger partial charge is 0.469 e. The molecule has 14 heteroatoms. The van der Waals surface area contributed by atoms with Crippen molar-refractivity contribution in [2.24, 2.45) is 0 Å². The van der Waals surface area contributed by atoms with Gasteiger partial charge in [-0.05, 0) is 38.2 Å². The number of hydrogen-bond donors (Lipinski definition) is 1. The normalized spacial score (nSPS) is 20.6. The molecule has 10 nitrogen and oxygen atoms in total. The molecule has 2 saturated heterocycles. The number of halogens is 3. The van der Waals surface area contributed by atoms with E-state index in [1.807, 2.05) is 23.8 Å². The molecule has 0 bridgehead atoms. The van der Waals surface area contributed by atoms with E-state index in [0.717, 1.165) is 11.3 Å². The minimum absolute atomic E-state index is 0.0190. The standard InChI is InChI=1S/C31H30ClF2N7O3S/c1-5-23(42)41-9-8-40(12-15(41)2)28-17-10-19(32)24(16-6-7-20(33)29-27(16)38-31(36)45-29)25(34)26(17)37-30(18(28)11-35)44-22-14-39(3)13-21(22)43-4/h5-7,10,15,21-22H,1,8-9,12-14H2,2-4H3,(H2,36,38)/t15?,21-,22-/m1/s1. The van der Waals surface area contributed by atoms with Gasteiger partial charge in [-0.3, -0.25) is 9.69 Å². The van der Waals surface area contributed by atoms with E-state index in [0.29, 0.717) is 43.8 Å². The number of amides is 1. The van der Waals surface area contributed by atoms with Crippen LogP contribution in [0.1, 0.15) is 12.5 Å². The average Bonchev–Trinajstić information content (AvgIpc) is 3.59. The zero-order valence-corrected chi connectivity index (χ0v) is 26.4. The third-order valence-electron chi connectivity index (χ3n) is 8.37. The second-order valence-corrected chi connectivity index (χ2v) is 12.6. The Morgan fingerprint density at radius 2 is 1.98 bits per heavy atom. The van der Waals surface area contributed by atoms with Crippen LogP contribution in [0.25, 0.3) is 32.2 Å². The summed E-state index contributed by atoms with van der Waals surface area (Å²) in [6.07, 6.45) is 0.490. The number of nitrogens with two attached hydrogens (primary N) is 1. The maximum atomic E-state index is 16.9. The lowest BCUT2D eigenvalue weighted by Gasteiger charge is -2.41. The zero-order valence-electron chi connectivity index (χ0n) is 24.8. The number of benzene rings is 2. The van der Waals surface area contributed by atoms with E-state index in [-0.39, 0.29) is 66.5 Å². The molecule has 0 saturated carbocycles. The number of likely N-dealkylation sites (N-methyl/N-ethyl adjacent to an activating group) is 1. The van der Waals surface area contributed by atoms with Crippen LogP contribution >= 0.6 is 22.9 Å². The molecule has 6 rings (SSSR count). The molecule has 0 spiro atoms. The molecule has 2 aromatic carbocycles. The fourth-order valence-corrected chi connectivity index (χ4v) is 7.32. The van der Waals surface area contributed by atoms with Crippen molar-refractivity contribution in [2.75, 3.05) is 57.5 Å². The molecule has 2 aromatic heterocycles. The van der Waals surface area contributed by atoms with Crippen molar-refractivity contribution < 1.29 is 23.0 Å². The van der Waals surface area contributed by atoms with E-state index in [1.165, 1.54) is 18.2 Å². The Balaban J connectivity index is 1.58. The maximum Gasteiger partial charge on any atom is 0.246 e. The summed E-state index contributed by atoms with van der Waals surface area (Å²) in [6, 6.07) is 6.18. The van der Waals surface area contributed by atoms with Crippen LogP contribution in [0.3, 0.4) is 0 Å². The van der Waals surface area contributed by atoms with Gasteiger partial charge >= 0.3 is 0 Å². The van der Waals surface area contributed by atoms with Crippen LogP contribution in [0.15, 0.2) is 30.9 Å². The average molecular weight is 654 g/mol. The summed E-state index contributed by atoms with van der Waals surface area (Å²) in [5.74, 6) is -1.57. The van der Waals surface area contributed by atoms with Crippen LogP contribution in [0.5, 0.6) is 5.88 Å². The second kappa shape index (κ2) is 12.0. The predicted molar refractivity (Wildman–Crippen MR) is 171 cm³/mol. The molecular weight excluding hydrogens is 624 g/mol. The Morgan fingerprint density at radius 3 is 2.67 bits per heavy atom. The smallest absolute Gasteiger partial charge is 0.246 e. The van der Waals surface area contributed by atoms with Crippen molar-refractivity contribution >= 4 is 60.8 Å². The molecule has 2 aliphatic heterocycles. The number of fused-ring (bicyclic) bond motifs is 2. The SMILES string of the molecule is C=CC(=O)N1CCN(c2c(C#N)c(O[C@@H]3CN(C)C[C@H]3OC)nc3c(F)c(-c4ccc(F)c5sc(N)nc45)c(Cl)cc23)CC1C. The summed E-state index contributed by atoms with van der Waals surface area (Å²) in [6.45, 7) is 7.64. The molecule has 2 fully saturated rings. The fraction of sp³-hybridized carbons (Fsp3) is 0.355. The first-order valence-electron chi connectivity index (χ1n) is 14.2. The molecule has 0 radical (unpaired) electrons. The van der Waals surface area contributed by atoms with Gasteiger partial charge in [0.2, 0.25) is 11.8 Å². The van der Waals surface area contributed by atoms with Gasteiger partial charge in [-0.2, -0.15) is 5.26 Å². The second-order valence-electron chi connectivity index (χ2n) is 11.2. The van der Waals surface area contributed by atoms with Crippen molar-refractivity contribution in [3.63, 3.8) is 0 Å². The molecule has 3 atom stereocenters. The van der Waals surface area contributed by atoms with Gasteiger partial charge in [0.25, 0.3) is 0 Å². The third-order valence-corrected chi connectivity index (χ3v) is 9.56. The van der Waals surface area contributed by atoms with Crippen LogP contribution in [0, 0.1) is 23.0 Å². The summed E-state index contributed by atoms with van der Waals surface area (Å²) in [5.41, 5.74) is 6.71. The van der Waals surface area contributed by atoms with Gasteiger partial charge in [-0.15, -0.1) is 0 Å². The van der Waals surface area contributed by atoms with Gasteiger partial charge in [-0.25, -0.2) is 18.7 Å². The lowest BCUT2D eigenvalue weighted by atomic mass is 9.98. The predicted octanol–water partition coefficient (Wildman–Crippen LogP) is 4.83. The number of piperazine rings is 1. The number of methoxy groups -OCH3 is 1. The molecule has 45 heavy (non-hydrogen) atoms. The number of thiazole rings is 1. The number of rotatable bonds is 6. The summed E-state index contributed by atoms with van der Waals surface area (Å²) < 4.78 is 43.7. The Hall–Kier alpha value is -4.09. The lowest BCUT2D eigenvalue weighted by Crippen LogP contribution is -2.54. The molecular formula is C31H30ClF2N7O3S. The number of nitriles is 1. The number of carbonyl (C=O) groups excluding carboxylic acids is 1. The molecule has 1 unspecified atom stereocenters. The quantitative estimate of drug-likeness (QED) is 0.292. The van der Waals surface area contributed by atoms with Gasteiger partial charge in [0.1, 0.15) is 35.2 Å². The van der Waals surface area contributed by atoms with Gasteiger partial charge in [0, 0.05) is 62.4 Å². The summed E-state index contributed by atoms with van der Waals surface area (Å²) in [4.78, 5) is 26.9.